The van der Waals surface area contributed by atoms with Crippen molar-refractivity contribution in [2.45, 2.75) is 25.8 Å². The third kappa shape index (κ3) is 2.66. The summed E-state index contributed by atoms with van der Waals surface area (Å²) in [6.45, 7) is 0.768. The van der Waals surface area contributed by atoms with Crippen LogP contribution in [0, 0.1) is 5.82 Å². The first-order chi connectivity index (χ1) is 10.6. The number of aromatic nitrogens is 2. The Morgan fingerprint density at radius 2 is 2.27 bits per heavy atom. The Kier molecular flexibility index (Phi) is 4.02. The highest BCUT2D eigenvalue weighted by atomic mass is 35.5. The lowest BCUT2D eigenvalue weighted by atomic mass is 10.1. The third-order valence-corrected chi connectivity index (χ3v) is 3.98. The molecule has 0 saturated carbocycles. The molecular weight excluding hydrogens is 309 g/mol. The summed E-state index contributed by atoms with van der Waals surface area (Å²) in [7, 11) is 1.43. The van der Waals surface area contributed by atoms with Crippen LogP contribution in [0.3, 0.4) is 0 Å². The normalized spacial score (nSPS) is 13.6. The predicted molar refractivity (Wildman–Crippen MR) is 81.1 cm³/mol. The van der Waals surface area contributed by atoms with Gasteiger partial charge in [0.25, 0.3) is 5.91 Å². The molecule has 2 aromatic rings. The second-order valence-corrected chi connectivity index (χ2v) is 5.50. The average Bonchev–Trinajstić information content (AvgIpc) is 2.94. The number of nitrogens with one attached hydrogen (secondary N) is 1. The van der Waals surface area contributed by atoms with Crippen molar-refractivity contribution in [3.63, 3.8) is 0 Å². The molecule has 0 spiro atoms. The summed E-state index contributed by atoms with van der Waals surface area (Å²) in [5.41, 5.74) is 0.702. The van der Waals surface area contributed by atoms with E-state index in [0.29, 0.717) is 11.4 Å². The molecule has 0 aliphatic carbocycles. The van der Waals surface area contributed by atoms with Crippen molar-refractivity contribution in [3.05, 3.63) is 40.7 Å². The lowest BCUT2D eigenvalue weighted by molar-refractivity contribution is 0.101. The molecule has 7 heteroatoms. The van der Waals surface area contributed by atoms with Crippen LogP contribution in [-0.4, -0.2) is 22.6 Å². The molecule has 5 nitrogen and oxygen atoms in total. The average molecular weight is 324 g/mol. The lowest BCUT2D eigenvalue weighted by Crippen LogP contribution is -2.20. The van der Waals surface area contributed by atoms with E-state index in [1.807, 2.05) is 4.57 Å². The van der Waals surface area contributed by atoms with E-state index in [0.717, 1.165) is 37.7 Å². The molecule has 1 amide bonds. The van der Waals surface area contributed by atoms with Crippen LogP contribution >= 0.6 is 11.6 Å². The number of ether oxygens (including phenoxy) is 1. The maximum Gasteiger partial charge on any atom is 0.274 e. The van der Waals surface area contributed by atoms with Crippen LogP contribution in [0.5, 0.6) is 5.75 Å². The third-order valence-electron chi connectivity index (χ3n) is 3.69. The Labute approximate surface area is 132 Å². The maximum absolute atomic E-state index is 13.6. The van der Waals surface area contributed by atoms with Crippen molar-refractivity contribution in [1.29, 1.82) is 0 Å². The van der Waals surface area contributed by atoms with Crippen molar-refractivity contribution in [3.8, 4) is 5.75 Å². The van der Waals surface area contributed by atoms with Crippen molar-refractivity contribution < 1.29 is 13.9 Å². The largest absolute Gasteiger partial charge is 0.495 e. The molecule has 0 saturated heterocycles. The molecule has 0 radical (unpaired) electrons. The highest BCUT2D eigenvalue weighted by molar-refractivity contribution is 6.31. The van der Waals surface area contributed by atoms with Gasteiger partial charge in [0.15, 0.2) is 0 Å². The Morgan fingerprint density at radius 1 is 1.45 bits per heavy atom. The first kappa shape index (κ1) is 14.8. The number of halogens is 2. The minimum absolute atomic E-state index is 0.0587. The number of rotatable bonds is 3. The molecule has 1 aromatic heterocycles. The SMILES string of the molecule is COc1cc(Cl)c(F)cc1NC(=O)c1cnc2n1CCCC2. The van der Waals surface area contributed by atoms with Gasteiger partial charge in [-0.2, -0.15) is 0 Å². The highest BCUT2D eigenvalue weighted by Gasteiger charge is 2.20. The first-order valence-corrected chi connectivity index (χ1v) is 7.36. The zero-order chi connectivity index (χ0) is 15.7. The Morgan fingerprint density at radius 3 is 3.05 bits per heavy atom. The number of benzene rings is 1. The molecule has 2 heterocycles. The number of fused-ring (bicyclic) bond motifs is 1. The molecule has 3 rings (SSSR count). The molecule has 0 bridgehead atoms. The molecule has 0 fully saturated rings. The summed E-state index contributed by atoms with van der Waals surface area (Å²) in [6, 6.07) is 2.48. The van der Waals surface area contributed by atoms with Crippen LogP contribution < -0.4 is 10.1 Å². The zero-order valence-electron chi connectivity index (χ0n) is 12.0. The Balaban J connectivity index is 1.89. The van der Waals surface area contributed by atoms with E-state index in [4.69, 9.17) is 16.3 Å². The molecule has 1 N–H and O–H groups in total. The monoisotopic (exact) mass is 323 g/mol. The summed E-state index contributed by atoms with van der Waals surface area (Å²) < 4.78 is 20.6. The van der Waals surface area contributed by atoms with Crippen molar-refractivity contribution in [2.24, 2.45) is 0 Å². The number of methoxy groups -OCH3 is 1. The molecule has 22 heavy (non-hydrogen) atoms. The molecule has 0 unspecified atom stereocenters. The molecular formula is C15H15ClFN3O2. The van der Waals surface area contributed by atoms with Gasteiger partial charge in [-0.05, 0) is 12.8 Å². The standard InChI is InChI=1S/C15H15ClFN3O2/c1-22-13-6-9(16)10(17)7-11(13)19-15(21)12-8-18-14-4-2-3-5-20(12)14/h6-8H,2-5H2,1H3,(H,19,21). The van der Waals surface area contributed by atoms with Gasteiger partial charge < -0.3 is 14.6 Å². The van der Waals surface area contributed by atoms with E-state index in [1.54, 1.807) is 6.20 Å². The van der Waals surface area contributed by atoms with E-state index in [-0.39, 0.29) is 16.6 Å². The van der Waals surface area contributed by atoms with E-state index in [9.17, 15) is 9.18 Å². The van der Waals surface area contributed by atoms with Gasteiger partial charge in [0.05, 0.1) is 24.0 Å². The van der Waals surface area contributed by atoms with Crippen LogP contribution in [0.25, 0.3) is 0 Å². The van der Waals surface area contributed by atoms with Crippen molar-refractivity contribution in [1.82, 2.24) is 9.55 Å². The quantitative estimate of drug-likeness (QED) is 0.943. The van der Waals surface area contributed by atoms with Gasteiger partial charge in [-0.3, -0.25) is 4.79 Å². The minimum atomic E-state index is -0.618. The number of anilines is 1. The minimum Gasteiger partial charge on any atom is -0.495 e. The second-order valence-electron chi connectivity index (χ2n) is 5.09. The molecule has 1 aromatic carbocycles. The summed E-state index contributed by atoms with van der Waals surface area (Å²) in [5.74, 6) is 0.248. The second kappa shape index (κ2) is 5.96. The van der Waals surface area contributed by atoms with Crippen molar-refractivity contribution >= 4 is 23.2 Å². The summed E-state index contributed by atoms with van der Waals surface area (Å²) in [6.07, 6.45) is 4.51. The number of amides is 1. The summed E-state index contributed by atoms with van der Waals surface area (Å²) in [5, 5.41) is 2.60. The van der Waals surface area contributed by atoms with Gasteiger partial charge in [0.1, 0.15) is 23.1 Å². The topological polar surface area (TPSA) is 56.1 Å². The fourth-order valence-corrected chi connectivity index (χ4v) is 2.73. The number of nitrogens with zero attached hydrogens (tertiary/aromatic N) is 2. The molecule has 0 atom stereocenters. The van der Waals surface area contributed by atoms with Crippen LogP contribution in [-0.2, 0) is 13.0 Å². The zero-order valence-corrected chi connectivity index (χ0v) is 12.8. The number of hydrogen-bond donors (Lipinski definition) is 1. The Bertz CT molecular complexity index is 730. The van der Waals surface area contributed by atoms with E-state index in [1.165, 1.54) is 13.2 Å². The van der Waals surface area contributed by atoms with Crippen LogP contribution in [0.15, 0.2) is 18.3 Å². The number of carbonyl (C=O) groups is 1. The van der Waals surface area contributed by atoms with E-state index >= 15 is 0 Å². The first-order valence-electron chi connectivity index (χ1n) is 6.99. The summed E-state index contributed by atoms with van der Waals surface area (Å²) in [4.78, 5) is 16.7. The molecule has 1 aliphatic rings. The summed E-state index contributed by atoms with van der Waals surface area (Å²) >= 11 is 5.71. The van der Waals surface area contributed by atoms with Gasteiger partial charge in [-0.1, -0.05) is 11.6 Å². The van der Waals surface area contributed by atoms with Gasteiger partial charge in [-0.25, -0.2) is 9.37 Å². The number of hydrogen-bond acceptors (Lipinski definition) is 3. The maximum atomic E-state index is 13.6. The van der Waals surface area contributed by atoms with E-state index < -0.39 is 5.82 Å². The number of aryl methyl sites for hydroxylation is 1. The smallest absolute Gasteiger partial charge is 0.274 e. The van der Waals surface area contributed by atoms with Crippen molar-refractivity contribution in [2.75, 3.05) is 12.4 Å². The van der Waals surface area contributed by atoms with Gasteiger partial charge in [0.2, 0.25) is 0 Å². The molecule has 116 valence electrons. The van der Waals surface area contributed by atoms with Gasteiger partial charge in [-0.15, -0.1) is 0 Å². The van der Waals surface area contributed by atoms with E-state index in [2.05, 4.69) is 10.3 Å². The van der Waals surface area contributed by atoms with Crippen LogP contribution in [0.1, 0.15) is 29.2 Å². The molecule has 1 aliphatic heterocycles. The van der Waals surface area contributed by atoms with Gasteiger partial charge >= 0.3 is 0 Å². The number of imidazole rings is 1. The fourth-order valence-electron chi connectivity index (χ4n) is 2.58. The Hall–Kier alpha value is -2.08. The lowest BCUT2D eigenvalue weighted by Gasteiger charge is -2.16. The fraction of sp³-hybridized carbons (Fsp3) is 0.333. The number of carbonyl (C=O) groups excluding carboxylic acids is 1. The highest BCUT2D eigenvalue weighted by Crippen LogP contribution is 2.31. The van der Waals surface area contributed by atoms with Crippen LogP contribution in [0.4, 0.5) is 10.1 Å². The van der Waals surface area contributed by atoms with Crippen LogP contribution in [0.2, 0.25) is 5.02 Å². The predicted octanol–water partition coefficient (Wildman–Crippen LogP) is 3.27. The van der Waals surface area contributed by atoms with Gasteiger partial charge in [0, 0.05) is 25.1 Å².